The van der Waals surface area contributed by atoms with E-state index in [1.165, 1.54) is 64.2 Å². The Bertz CT molecular complexity index is 368. The highest BCUT2D eigenvalue weighted by molar-refractivity contribution is 4.89. The number of rotatable bonds is 8. The molecule has 0 N–H and O–H groups in total. The van der Waals surface area contributed by atoms with E-state index in [4.69, 9.17) is 5.26 Å². The van der Waals surface area contributed by atoms with E-state index in [-0.39, 0.29) is 0 Å². The zero-order valence-corrected chi connectivity index (χ0v) is 14.7. The summed E-state index contributed by atoms with van der Waals surface area (Å²) in [6.45, 7) is 0. The Labute approximate surface area is 142 Å². The molecule has 2 aliphatic carbocycles. The third-order valence-electron chi connectivity index (χ3n) is 6.33. The summed E-state index contributed by atoms with van der Waals surface area (Å²) in [4.78, 5) is 0. The second kappa shape index (κ2) is 10.8. The summed E-state index contributed by atoms with van der Waals surface area (Å²) in [5.41, 5.74) is 0. The van der Waals surface area contributed by atoms with Gasteiger partial charge in [-0.15, -0.1) is 0 Å². The second-order valence-corrected chi connectivity index (χ2v) is 7.87. The minimum absolute atomic E-state index is 0.350. The van der Waals surface area contributed by atoms with Gasteiger partial charge in [0, 0.05) is 5.92 Å². The smallest absolute Gasteiger partial charge is 0.0827 e. The van der Waals surface area contributed by atoms with Crippen molar-refractivity contribution in [2.75, 3.05) is 0 Å². The van der Waals surface area contributed by atoms with E-state index in [9.17, 15) is 4.39 Å². The van der Waals surface area contributed by atoms with Gasteiger partial charge in [-0.3, -0.25) is 0 Å². The fourth-order valence-electron chi connectivity index (χ4n) is 4.78. The van der Waals surface area contributed by atoms with E-state index in [1.54, 1.807) is 6.08 Å². The van der Waals surface area contributed by atoms with Crippen LogP contribution in [0.4, 0.5) is 4.39 Å². The molecule has 23 heavy (non-hydrogen) atoms. The molecule has 0 bridgehead atoms. The van der Waals surface area contributed by atoms with Crippen LogP contribution in [0.3, 0.4) is 0 Å². The lowest BCUT2D eigenvalue weighted by atomic mass is 9.69. The van der Waals surface area contributed by atoms with Gasteiger partial charge in [-0.05, 0) is 69.1 Å². The summed E-state index contributed by atoms with van der Waals surface area (Å²) in [5, 5.41) is 9.02. The molecule has 2 saturated carbocycles. The zero-order valence-electron chi connectivity index (χ0n) is 14.7. The molecular formula is C21H34FN. The van der Waals surface area contributed by atoms with Crippen LogP contribution < -0.4 is 0 Å². The zero-order chi connectivity index (χ0) is 16.3. The van der Waals surface area contributed by atoms with E-state index in [2.05, 4.69) is 6.07 Å². The first kappa shape index (κ1) is 18.5. The molecule has 0 unspecified atom stereocenters. The fraction of sp³-hybridized carbons (Fsp3) is 0.857. The van der Waals surface area contributed by atoms with Gasteiger partial charge < -0.3 is 0 Å². The molecule has 0 spiro atoms. The summed E-state index contributed by atoms with van der Waals surface area (Å²) in [5.74, 6) is 3.19. The van der Waals surface area contributed by atoms with Crippen molar-refractivity contribution in [3.63, 3.8) is 0 Å². The Morgan fingerprint density at radius 3 is 2.04 bits per heavy atom. The van der Waals surface area contributed by atoms with E-state index in [0.717, 1.165) is 43.4 Å². The van der Waals surface area contributed by atoms with Crippen LogP contribution in [0.2, 0.25) is 0 Å². The summed E-state index contributed by atoms with van der Waals surface area (Å²) >= 11 is 0. The summed E-state index contributed by atoms with van der Waals surface area (Å²) < 4.78 is 11.8. The molecular weight excluding hydrogens is 285 g/mol. The number of hydrogen-bond acceptors (Lipinski definition) is 1. The quantitative estimate of drug-likeness (QED) is 0.444. The SMILES string of the molecule is N#C[C@H]1CC[C@H](C2CCC(CCCCCC/C=C/F)CC2)CC1. The Balaban J connectivity index is 1.52. The predicted octanol–water partition coefficient (Wildman–Crippen LogP) is 6.95. The molecule has 0 heterocycles. The van der Waals surface area contributed by atoms with Gasteiger partial charge in [-0.25, -0.2) is 4.39 Å². The van der Waals surface area contributed by atoms with E-state index < -0.39 is 0 Å². The van der Waals surface area contributed by atoms with Crippen molar-refractivity contribution in [2.45, 2.75) is 89.9 Å². The topological polar surface area (TPSA) is 23.8 Å². The first-order valence-corrected chi connectivity index (χ1v) is 9.98. The lowest BCUT2D eigenvalue weighted by Gasteiger charge is -2.36. The fourth-order valence-corrected chi connectivity index (χ4v) is 4.78. The Morgan fingerprint density at radius 1 is 0.826 bits per heavy atom. The number of allylic oxidation sites excluding steroid dienone is 1. The number of hydrogen-bond donors (Lipinski definition) is 0. The minimum Gasteiger partial charge on any atom is -0.216 e. The van der Waals surface area contributed by atoms with Crippen LogP contribution in [-0.2, 0) is 0 Å². The number of halogens is 1. The second-order valence-electron chi connectivity index (χ2n) is 7.87. The average Bonchev–Trinajstić information content (AvgIpc) is 2.61. The summed E-state index contributed by atoms with van der Waals surface area (Å²) in [7, 11) is 0. The number of nitriles is 1. The highest BCUT2D eigenvalue weighted by Crippen LogP contribution is 2.42. The van der Waals surface area contributed by atoms with Crippen molar-refractivity contribution in [3.05, 3.63) is 12.4 Å². The van der Waals surface area contributed by atoms with E-state index in [0.29, 0.717) is 12.2 Å². The van der Waals surface area contributed by atoms with Gasteiger partial charge in [-0.1, -0.05) is 44.6 Å². The Morgan fingerprint density at radius 2 is 1.43 bits per heavy atom. The van der Waals surface area contributed by atoms with Gasteiger partial charge >= 0.3 is 0 Å². The number of nitrogens with zero attached hydrogens (tertiary/aromatic N) is 1. The molecule has 0 saturated heterocycles. The maximum absolute atomic E-state index is 11.8. The minimum atomic E-state index is 0.350. The van der Waals surface area contributed by atoms with Crippen molar-refractivity contribution in [1.82, 2.24) is 0 Å². The van der Waals surface area contributed by atoms with Crippen LogP contribution in [0.1, 0.15) is 89.9 Å². The Kier molecular flexibility index (Phi) is 8.72. The molecule has 0 aliphatic heterocycles. The highest BCUT2D eigenvalue weighted by atomic mass is 19.1. The molecule has 2 aliphatic rings. The van der Waals surface area contributed by atoms with E-state index in [1.807, 2.05) is 0 Å². The van der Waals surface area contributed by atoms with E-state index >= 15 is 0 Å². The average molecular weight is 320 g/mol. The molecule has 2 rings (SSSR count). The van der Waals surface area contributed by atoms with Crippen LogP contribution in [-0.4, -0.2) is 0 Å². The standard InChI is InChI=1S/C21H34FN/c22-16-6-4-2-1-3-5-7-18-8-12-20(13-9-18)21-14-10-19(17-23)11-15-21/h6,16,18-21H,1-5,7-15H2/b16-6+/t18?,19-,20?,21-. The normalized spacial score (nSPS) is 32.0. The summed E-state index contributed by atoms with van der Waals surface area (Å²) in [6.07, 6.45) is 20.3. The van der Waals surface area contributed by atoms with Gasteiger partial charge in [0.25, 0.3) is 0 Å². The van der Waals surface area contributed by atoms with Gasteiger partial charge in [0.05, 0.1) is 12.4 Å². The van der Waals surface area contributed by atoms with Crippen LogP contribution in [0.5, 0.6) is 0 Å². The molecule has 130 valence electrons. The van der Waals surface area contributed by atoms with Crippen molar-refractivity contribution in [3.8, 4) is 6.07 Å². The highest BCUT2D eigenvalue weighted by Gasteiger charge is 2.30. The maximum atomic E-state index is 11.8. The third kappa shape index (κ3) is 6.66. The predicted molar refractivity (Wildman–Crippen MR) is 94.5 cm³/mol. The third-order valence-corrected chi connectivity index (χ3v) is 6.33. The van der Waals surface area contributed by atoms with Crippen molar-refractivity contribution in [1.29, 1.82) is 5.26 Å². The largest absolute Gasteiger partial charge is 0.216 e. The number of unbranched alkanes of at least 4 members (excludes halogenated alkanes) is 4. The molecule has 2 heteroatoms. The summed E-state index contributed by atoms with van der Waals surface area (Å²) in [6, 6.07) is 2.46. The molecule has 0 aromatic rings. The molecule has 0 radical (unpaired) electrons. The lowest BCUT2D eigenvalue weighted by Crippen LogP contribution is -2.25. The molecule has 0 amide bonds. The molecule has 1 nitrogen and oxygen atoms in total. The monoisotopic (exact) mass is 319 g/mol. The van der Waals surface area contributed by atoms with Gasteiger partial charge in [-0.2, -0.15) is 5.26 Å². The van der Waals surface area contributed by atoms with Crippen molar-refractivity contribution in [2.24, 2.45) is 23.7 Å². The van der Waals surface area contributed by atoms with Crippen LogP contribution in [0.25, 0.3) is 0 Å². The van der Waals surface area contributed by atoms with Crippen molar-refractivity contribution >= 4 is 0 Å². The van der Waals surface area contributed by atoms with Crippen molar-refractivity contribution < 1.29 is 4.39 Å². The molecule has 2 fully saturated rings. The first-order valence-electron chi connectivity index (χ1n) is 9.98. The molecule has 0 aromatic heterocycles. The van der Waals surface area contributed by atoms with Gasteiger partial charge in [0.15, 0.2) is 0 Å². The Hall–Kier alpha value is -0.840. The maximum Gasteiger partial charge on any atom is 0.0827 e. The van der Waals surface area contributed by atoms with Crippen LogP contribution in [0.15, 0.2) is 12.4 Å². The van der Waals surface area contributed by atoms with Gasteiger partial charge in [0.1, 0.15) is 0 Å². The molecule has 0 atom stereocenters. The van der Waals surface area contributed by atoms with Crippen LogP contribution >= 0.6 is 0 Å². The molecule has 0 aromatic carbocycles. The van der Waals surface area contributed by atoms with Gasteiger partial charge in [0.2, 0.25) is 0 Å². The lowest BCUT2D eigenvalue weighted by molar-refractivity contribution is 0.152. The first-order chi connectivity index (χ1) is 11.3. The van der Waals surface area contributed by atoms with Crippen LogP contribution in [0, 0.1) is 35.0 Å².